The number of allylic oxidation sites excluding steroid dienone is 3. The first kappa shape index (κ1) is 13.0. The summed E-state index contributed by atoms with van der Waals surface area (Å²) < 4.78 is 0. The van der Waals surface area contributed by atoms with Crippen LogP contribution in [0.5, 0.6) is 0 Å². The van der Waals surface area contributed by atoms with Crippen LogP contribution in [0.15, 0.2) is 42.5 Å². The topological polar surface area (TPSA) is 49.9 Å². The Hall–Kier alpha value is -2.42. The molecule has 0 fully saturated rings. The van der Waals surface area contributed by atoms with Crippen LogP contribution in [0.3, 0.4) is 0 Å². The van der Waals surface area contributed by atoms with Crippen LogP contribution in [0.4, 0.5) is 0 Å². The molecular formula is C16H15NO2. The summed E-state index contributed by atoms with van der Waals surface area (Å²) in [5, 5.41) is 1.03. The summed E-state index contributed by atoms with van der Waals surface area (Å²) in [6, 6.07) is 7.80. The van der Waals surface area contributed by atoms with Gasteiger partial charge in [-0.15, -0.1) is 0 Å². The monoisotopic (exact) mass is 253 g/mol. The molecule has 0 atom stereocenters. The van der Waals surface area contributed by atoms with E-state index in [9.17, 15) is 9.59 Å². The maximum Gasteiger partial charge on any atom is 0.166 e. The van der Waals surface area contributed by atoms with Gasteiger partial charge in [0.1, 0.15) is 6.29 Å². The molecule has 96 valence electrons. The van der Waals surface area contributed by atoms with E-state index in [0.717, 1.165) is 35.5 Å². The van der Waals surface area contributed by atoms with Crippen LogP contribution in [0.25, 0.3) is 17.0 Å². The number of benzene rings is 1. The van der Waals surface area contributed by atoms with Crippen molar-refractivity contribution in [2.45, 2.75) is 12.8 Å². The lowest BCUT2D eigenvalue weighted by Crippen LogP contribution is -1.81. The molecule has 0 aliphatic rings. The molecule has 0 saturated heterocycles. The van der Waals surface area contributed by atoms with Crippen molar-refractivity contribution < 1.29 is 9.59 Å². The van der Waals surface area contributed by atoms with Gasteiger partial charge in [-0.25, -0.2) is 0 Å². The average Bonchev–Trinajstić information content (AvgIpc) is 2.81. The quantitative estimate of drug-likeness (QED) is 0.486. The number of para-hydroxylation sites is 1. The molecule has 1 aromatic carbocycles. The fraction of sp³-hybridized carbons (Fsp3) is 0.125. The zero-order chi connectivity index (χ0) is 13.5. The summed E-state index contributed by atoms with van der Waals surface area (Å²) in [7, 11) is 0. The number of rotatable bonds is 6. The molecule has 1 heterocycles. The Kier molecular flexibility index (Phi) is 4.45. The van der Waals surface area contributed by atoms with Crippen LogP contribution in [0.1, 0.15) is 28.9 Å². The Labute approximate surface area is 111 Å². The zero-order valence-electron chi connectivity index (χ0n) is 10.5. The van der Waals surface area contributed by atoms with Gasteiger partial charge in [-0.2, -0.15) is 0 Å². The number of aromatic nitrogens is 1. The van der Waals surface area contributed by atoms with Crippen molar-refractivity contribution in [3.8, 4) is 0 Å². The van der Waals surface area contributed by atoms with Crippen molar-refractivity contribution in [2.24, 2.45) is 0 Å². The first-order valence-corrected chi connectivity index (χ1v) is 6.19. The van der Waals surface area contributed by atoms with Crippen molar-refractivity contribution >= 4 is 29.6 Å². The number of aldehydes is 2. The van der Waals surface area contributed by atoms with Crippen molar-refractivity contribution in [1.29, 1.82) is 0 Å². The van der Waals surface area contributed by atoms with E-state index in [0.29, 0.717) is 12.1 Å². The Morgan fingerprint density at radius 3 is 2.68 bits per heavy atom. The average molecular weight is 253 g/mol. The van der Waals surface area contributed by atoms with Crippen LogP contribution in [-0.2, 0) is 4.79 Å². The molecule has 0 spiro atoms. The number of carbonyl (C=O) groups excluding carboxylic acids is 2. The molecule has 19 heavy (non-hydrogen) atoms. The van der Waals surface area contributed by atoms with Crippen molar-refractivity contribution in [2.75, 3.05) is 0 Å². The summed E-state index contributed by atoms with van der Waals surface area (Å²) in [6.45, 7) is 0. The number of unbranched alkanes of at least 4 members (excludes halogenated alkanes) is 1. The Morgan fingerprint density at radius 1 is 1.05 bits per heavy atom. The predicted octanol–water partition coefficient (Wildman–Crippen LogP) is 3.53. The largest absolute Gasteiger partial charge is 0.352 e. The molecule has 2 rings (SSSR count). The molecule has 2 aromatic rings. The molecule has 0 bridgehead atoms. The SMILES string of the molecule is O=CCC/C=C/C=C/c1c(C=O)[nH]c2ccccc12. The second kappa shape index (κ2) is 6.50. The maximum absolute atomic E-state index is 11.0. The molecule has 0 unspecified atom stereocenters. The van der Waals surface area contributed by atoms with Gasteiger partial charge in [-0.05, 0) is 12.5 Å². The molecule has 1 aromatic heterocycles. The van der Waals surface area contributed by atoms with Gasteiger partial charge in [-0.3, -0.25) is 4.79 Å². The molecule has 0 aliphatic carbocycles. The Morgan fingerprint density at radius 2 is 1.89 bits per heavy atom. The van der Waals surface area contributed by atoms with Crippen LogP contribution in [-0.4, -0.2) is 17.6 Å². The van der Waals surface area contributed by atoms with Crippen LogP contribution >= 0.6 is 0 Å². The highest BCUT2D eigenvalue weighted by Gasteiger charge is 2.06. The van der Waals surface area contributed by atoms with Crippen molar-refractivity contribution in [3.05, 3.63) is 53.8 Å². The lowest BCUT2D eigenvalue weighted by Gasteiger charge is -1.91. The molecule has 0 amide bonds. The van der Waals surface area contributed by atoms with E-state index in [2.05, 4.69) is 4.98 Å². The maximum atomic E-state index is 11.0. The molecule has 3 heteroatoms. The second-order valence-electron chi connectivity index (χ2n) is 4.15. The van der Waals surface area contributed by atoms with Crippen molar-refractivity contribution in [1.82, 2.24) is 4.98 Å². The van der Waals surface area contributed by atoms with E-state index in [4.69, 9.17) is 0 Å². The van der Waals surface area contributed by atoms with Gasteiger partial charge in [0, 0.05) is 22.9 Å². The number of fused-ring (bicyclic) bond motifs is 1. The molecule has 1 N–H and O–H groups in total. The third-order valence-corrected chi connectivity index (χ3v) is 2.86. The molecule has 0 saturated carbocycles. The molecule has 0 aliphatic heterocycles. The van der Waals surface area contributed by atoms with Gasteiger partial charge in [0.15, 0.2) is 6.29 Å². The minimum absolute atomic E-state index is 0.539. The smallest absolute Gasteiger partial charge is 0.166 e. The van der Waals surface area contributed by atoms with E-state index >= 15 is 0 Å². The van der Waals surface area contributed by atoms with E-state index in [1.807, 2.05) is 48.6 Å². The summed E-state index contributed by atoms with van der Waals surface area (Å²) in [6.07, 6.45) is 10.6. The summed E-state index contributed by atoms with van der Waals surface area (Å²) in [4.78, 5) is 24.3. The van der Waals surface area contributed by atoms with Gasteiger partial charge in [0.2, 0.25) is 0 Å². The van der Waals surface area contributed by atoms with Gasteiger partial charge in [0.05, 0.1) is 5.69 Å². The van der Waals surface area contributed by atoms with E-state index in [1.165, 1.54) is 0 Å². The lowest BCUT2D eigenvalue weighted by atomic mass is 10.1. The van der Waals surface area contributed by atoms with E-state index in [1.54, 1.807) is 0 Å². The van der Waals surface area contributed by atoms with Gasteiger partial charge in [0.25, 0.3) is 0 Å². The molecule has 3 nitrogen and oxygen atoms in total. The standard InChI is InChI=1S/C16H15NO2/c18-11-7-3-1-2-4-8-14-13-9-5-6-10-15(13)17-16(14)12-19/h1-2,4-6,8-12,17H,3,7H2/b2-1+,8-4+. The number of nitrogens with one attached hydrogen (secondary N) is 1. The number of aromatic amines is 1. The fourth-order valence-electron chi connectivity index (χ4n) is 1.95. The van der Waals surface area contributed by atoms with E-state index in [-0.39, 0.29) is 0 Å². The normalized spacial score (nSPS) is 11.6. The number of H-pyrrole nitrogens is 1. The van der Waals surface area contributed by atoms with Crippen molar-refractivity contribution in [3.63, 3.8) is 0 Å². The number of carbonyl (C=O) groups is 2. The highest BCUT2D eigenvalue weighted by atomic mass is 16.1. The van der Waals surface area contributed by atoms with Crippen LogP contribution in [0.2, 0.25) is 0 Å². The van der Waals surface area contributed by atoms with Gasteiger partial charge < -0.3 is 9.78 Å². The number of hydrogen-bond acceptors (Lipinski definition) is 2. The fourth-order valence-corrected chi connectivity index (χ4v) is 1.95. The first-order valence-electron chi connectivity index (χ1n) is 6.19. The van der Waals surface area contributed by atoms with Crippen LogP contribution in [0, 0.1) is 0 Å². The predicted molar refractivity (Wildman–Crippen MR) is 77.2 cm³/mol. The minimum atomic E-state index is 0.539. The summed E-state index contributed by atoms with van der Waals surface area (Å²) >= 11 is 0. The Balaban J connectivity index is 2.23. The third kappa shape index (κ3) is 3.07. The highest BCUT2D eigenvalue weighted by molar-refractivity contribution is 5.97. The summed E-state index contributed by atoms with van der Waals surface area (Å²) in [5.41, 5.74) is 2.43. The zero-order valence-corrected chi connectivity index (χ0v) is 10.5. The van der Waals surface area contributed by atoms with Gasteiger partial charge >= 0.3 is 0 Å². The molecular weight excluding hydrogens is 238 g/mol. The van der Waals surface area contributed by atoms with E-state index < -0.39 is 0 Å². The Bertz CT molecular complexity index is 635. The highest BCUT2D eigenvalue weighted by Crippen LogP contribution is 2.22. The third-order valence-electron chi connectivity index (χ3n) is 2.86. The number of hydrogen-bond donors (Lipinski definition) is 1. The van der Waals surface area contributed by atoms with Crippen LogP contribution < -0.4 is 0 Å². The first-order chi connectivity index (χ1) is 9.36. The summed E-state index contributed by atoms with van der Waals surface area (Å²) in [5.74, 6) is 0. The molecule has 0 radical (unpaired) electrons. The minimum Gasteiger partial charge on any atom is -0.352 e. The lowest BCUT2D eigenvalue weighted by molar-refractivity contribution is -0.107. The second-order valence-corrected chi connectivity index (χ2v) is 4.15. The van der Waals surface area contributed by atoms with Gasteiger partial charge in [-0.1, -0.05) is 42.5 Å².